The van der Waals surface area contributed by atoms with E-state index in [4.69, 9.17) is 21.7 Å². The van der Waals surface area contributed by atoms with Gasteiger partial charge in [0, 0.05) is 0 Å². The first-order valence-corrected chi connectivity index (χ1v) is 34.8. The molecule has 0 spiro atoms. The van der Waals surface area contributed by atoms with Gasteiger partial charge in [0.2, 0.25) is 0 Å². The number of carbonyl (C=O) groups is 2. The van der Waals surface area contributed by atoms with Gasteiger partial charge in [-0.1, -0.05) is 37.1 Å². The topological polar surface area (TPSA) is 127 Å². The molecule has 0 bridgehead atoms. The van der Waals surface area contributed by atoms with Crippen LogP contribution in [0, 0.1) is 34.5 Å². The van der Waals surface area contributed by atoms with E-state index in [1.54, 1.807) is 0 Å². The van der Waals surface area contributed by atoms with E-state index >= 15 is 0 Å². The van der Waals surface area contributed by atoms with Crippen LogP contribution in [0.5, 0.6) is 0 Å². The van der Waals surface area contributed by atoms with E-state index in [-0.39, 0.29) is 28.6 Å². The summed E-state index contributed by atoms with van der Waals surface area (Å²) in [6, 6.07) is 0. The van der Waals surface area contributed by atoms with Crippen molar-refractivity contribution in [2.24, 2.45) is 46.0 Å². The van der Waals surface area contributed by atoms with Crippen LogP contribution in [0.1, 0.15) is 65.2 Å². The van der Waals surface area contributed by atoms with Crippen molar-refractivity contribution in [1.82, 2.24) is 0 Å². The van der Waals surface area contributed by atoms with Crippen LogP contribution in [0.4, 0.5) is 0 Å². The van der Waals surface area contributed by atoms with Crippen molar-refractivity contribution < 1.29 is 34.2 Å². The summed E-state index contributed by atoms with van der Waals surface area (Å²) in [7, 11) is 0.628. The zero-order valence-corrected chi connectivity index (χ0v) is 34.8. The predicted molar refractivity (Wildman–Crippen MR) is 187 cm³/mol. The number of carboxylic acids is 2. The number of hydrogen-bond donors (Lipinski definition) is 4. The van der Waals surface area contributed by atoms with Crippen molar-refractivity contribution in [3.63, 3.8) is 0 Å². The number of allylic oxidation sites excluding steroid dienone is 4. The van der Waals surface area contributed by atoms with Gasteiger partial charge in [-0.25, -0.2) is 0 Å². The summed E-state index contributed by atoms with van der Waals surface area (Å²) in [5, 5.41) is 17.8. The monoisotopic (exact) mass is 1150 g/mol. The number of hydrogen-bond acceptors (Lipinski definition) is 4. The molecule has 37 heavy (non-hydrogen) atoms. The Labute approximate surface area is 288 Å². The quantitative estimate of drug-likeness (QED) is 0.144. The molecule has 6 nitrogen and oxygen atoms in total. The SMILES string of the molecule is CCC1=C[C@@H]2[C@H](C1)C[C@]2(CN)CC(=O)O.CCC1=C[C@@H]2[C@H](C1)C[C@]2(CN)CC(=O)O.[I][V]([I])[I].[I][V][I]. The van der Waals surface area contributed by atoms with Crippen LogP contribution < -0.4 is 11.5 Å². The van der Waals surface area contributed by atoms with Gasteiger partial charge < -0.3 is 21.7 Å². The van der Waals surface area contributed by atoms with Crippen LogP contribution in [0.15, 0.2) is 23.3 Å². The van der Waals surface area contributed by atoms with E-state index in [2.05, 4.69) is 126 Å². The second kappa shape index (κ2) is 18.7. The number of carboxylic acid groups (broad SMARTS) is 2. The van der Waals surface area contributed by atoms with Gasteiger partial charge in [0.25, 0.3) is 0 Å². The molecular weight excluding hydrogens is 1120 g/mol. The molecule has 0 amide bonds. The zero-order valence-electron chi connectivity index (χ0n) is 21.2. The molecule has 0 unspecified atom stereocenters. The van der Waals surface area contributed by atoms with E-state index in [0.717, 1.165) is 25.7 Å². The Balaban J connectivity index is 0.000000297. The Kier molecular flexibility index (Phi) is 19.3. The van der Waals surface area contributed by atoms with Gasteiger partial charge in [0.05, 0.1) is 12.8 Å². The summed E-state index contributed by atoms with van der Waals surface area (Å²) < 4.78 is 0. The molecule has 0 aromatic carbocycles. The summed E-state index contributed by atoms with van der Waals surface area (Å²) in [6.45, 7) is 5.34. The first-order chi connectivity index (χ1) is 17.4. The zero-order chi connectivity index (χ0) is 28.4. The molecule has 0 saturated heterocycles. The third-order valence-corrected chi connectivity index (χ3v) is 8.37. The summed E-state index contributed by atoms with van der Waals surface area (Å²) >= 11 is 12.1. The van der Waals surface area contributed by atoms with Crippen LogP contribution in [0.2, 0.25) is 0 Å². The van der Waals surface area contributed by atoms with Gasteiger partial charge in [0.1, 0.15) is 0 Å². The van der Waals surface area contributed by atoms with E-state index in [1.807, 2.05) is 0 Å². The number of rotatable bonds is 8. The fourth-order valence-electron chi connectivity index (χ4n) is 6.68. The van der Waals surface area contributed by atoms with Crippen LogP contribution in [0.3, 0.4) is 0 Å². The second-order valence-electron chi connectivity index (χ2n) is 10.3. The minimum atomic E-state index is -0.711. The van der Waals surface area contributed by atoms with Crippen LogP contribution >= 0.6 is 99.9 Å². The molecule has 4 aliphatic rings. The van der Waals surface area contributed by atoms with Gasteiger partial charge in [-0.05, 0) is 86.1 Å². The van der Waals surface area contributed by atoms with E-state index < -0.39 is 11.9 Å². The predicted octanol–water partition coefficient (Wildman–Crippen LogP) is 7.99. The molecule has 6 N–H and O–H groups in total. The third-order valence-electron chi connectivity index (χ3n) is 8.37. The average molecular weight is 1150 g/mol. The molecular formula is C24H38I5N2O4V2. The van der Waals surface area contributed by atoms with E-state index in [1.165, 1.54) is 24.0 Å². The summed E-state index contributed by atoms with van der Waals surface area (Å²) in [5.74, 6) is 0.822. The van der Waals surface area contributed by atoms with Crippen molar-refractivity contribution in [2.75, 3.05) is 13.1 Å². The number of aliphatic carboxylic acids is 2. The third kappa shape index (κ3) is 11.3. The van der Waals surface area contributed by atoms with Gasteiger partial charge in [-0.3, -0.25) is 9.59 Å². The first kappa shape index (κ1) is 38.2. The van der Waals surface area contributed by atoms with E-state index in [0.29, 0.717) is 46.2 Å². The average Bonchev–Trinajstić information content (AvgIpc) is 3.34. The Morgan fingerprint density at radius 2 is 1.19 bits per heavy atom. The first-order valence-electron chi connectivity index (χ1n) is 12.3. The Hall–Kier alpha value is 3.16. The molecule has 213 valence electrons. The molecule has 2 fully saturated rings. The standard InChI is InChI=1S/2C12H19NO2.5HI.2V/c2*1-2-8-3-9-5-12(7-13,6-11(14)15)10(9)4-8;;;;;;;/h2*4,9-10H,2-3,5-7,13H2,1H3,(H,14,15);5*1H;;/q;;;;;;;+2;+3/p-5/t2*9-,10-,12-;;;;;;;/m11......./s1. The molecule has 4 rings (SSSR count). The molecule has 0 heterocycles. The Morgan fingerprint density at radius 3 is 1.41 bits per heavy atom. The summed E-state index contributed by atoms with van der Waals surface area (Å²) in [5.41, 5.74) is 14.3. The van der Waals surface area contributed by atoms with E-state index in [9.17, 15) is 9.59 Å². The molecule has 2 saturated carbocycles. The molecule has 0 aliphatic heterocycles. The molecule has 6 atom stereocenters. The van der Waals surface area contributed by atoms with Crippen LogP contribution in [-0.2, 0) is 24.0 Å². The molecule has 0 aromatic heterocycles. The van der Waals surface area contributed by atoms with Crippen LogP contribution in [-0.4, -0.2) is 35.2 Å². The van der Waals surface area contributed by atoms with Crippen molar-refractivity contribution >= 4 is 112 Å². The van der Waals surface area contributed by atoms with Gasteiger partial charge in [0.15, 0.2) is 0 Å². The van der Waals surface area contributed by atoms with Gasteiger partial charge in [-0.2, -0.15) is 0 Å². The van der Waals surface area contributed by atoms with Gasteiger partial charge in [-0.15, -0.1) is 0 Å². The fourth-order valence-corrected chi connectivity index (χ4v) is 6.68. The number of halogens is 5. The van der Waals surface area contributed by atoms with Crippen LogP contribution in [0.25, 0.3) is 0 Å². The normalized spacial score (nSPS) is 32.3. The molecule has 13 heteroatoms. The maximum absolute atomic E-state index is 10.8. The molecule has 0 aromatic rings. The maximum atomic E-state index is 10.8. The Bertz CT molecular complexity index is 770. The molecule has 4 aliphatic carbocycles. The number of fused-ring (bicyclic) bond motifs is 2. The minimum absolute atomic E-state index is 0.132. The van der Waals surface area contributed by atoms with Crippen molar-refractivity contribution in [2.45, 2.75) is 65.2 Å². The number of nitrogens with two attached hydrogens (primary N) is 2. The fraction of sp³-hybridized carbons (Fsp3) is 0.750. The molecule has 0 radical (unpaired) electrons. The summed E-state index contributed by atoms with van der Waals surface area (Å²) in [4.78, 5) is 21.4. The van der Waals surface area contributed by atoms with Crippen molar-refractivity contribution in [3.8, 4) is 0 Å². The van der Waals surface area contributed by atoms with Crippen molar-refractivity contribution in [1.29, 1.82) is 0 Å². The Morgan fingerprint density at radius 1 is 0.892 bits per heavy atom. The second-order valence-corrected chi connectivity index (χ2v) is 57.4. The van der Waals surface area contributed by atoms with Gasteiger partial charge >= 0.3 is 126 Å². The summed E-state index contributed by atoms with van der Waals surface area (Å²) in [6.07, 6.45) is 11.6. The van der Waals surface area contributed by atoms with Crippen molar-refractivity contribution in [3.05, 3.63) is 23.3 Å².